The first-order chi connectivity index (χ1) is 11.6. The second-order valence-corrected chi connectivity index (χ2v) is 6.02. The fraction of sp³-hybridized carbons (Fsp3) is 0.421. The van der Waals surface area contributed by atoms with Gasteiger partial charge >= 0.3 is 0 Å². The van der Waals surface area contributed by atoms with Crippen LogP contribution in [0.15, 0.2) is 30.3 Å². The molecule has 5 heteroatoms. The molecule has 0 saturated carbocycles. The number of aromatic nitrogens is 2. The molecule has 128 valence electrons. The molecule has 5 nitrogen and oxygen atoms in total. The normalized spacial score (nSPS) is 10.5. The Balaban J connectivity index is 1.97. The minimum Gasteiger partial charge on any atom is -0.351 e. The van der Waals surface area contributed by atoms with E-state index in [9.17, 15) is 4.79 Å². The van der Waals surface area contributed by atoms with Gasteiger partial charge in [0.2, 0.25) is 5.95 Å². The molecule has 1 aromatic carbocycles. The first-order valence-electron chi connectivity index (χ1n) is 8.52. The van der Waals surface area contributed by atoms with Gasteiger partial charge in [0.1, 0.15) is 5.69 Å². The molecule has 0 aliphatic carbocycles. The van der Waals surface area contributed by atoms with Crippen LogP contribution in [0.1, 0.15) is 53.5 Å². The predicted octanol–water partition coefficient (Wildman–Crippen LogP) is 3.63. The van der Waals surface area contributed by atoms with Crippen molar-refractivity contribution in [1.29, 1.82) is 0 Å². The SMILES string of the molecule is CCCCCNC(=O)c1cc(C)nc(NCc2ccc(C)cc2)n1. The highest BCUT2D eigenvalue weighted by Crippen LogP contribution is 2.09. The van der Waals surface area contributed by atoms with E-state index in [0.717, 1.165) is 30.5 Å². The number of nitrogens with zero attached hydrogens (tertiary/aromatic N) is 2. The Morgan fingerprint density at radius 3 is 2.54 bits per heavy atom. The topological polar surface area (TPSA) is 66.9 Å². The highest BCUT2D eigenvalue weighted by Gasteiger charge is 2.10. The van der Waals surface area contributed by atoms with E-state index in [4.69, 9.17) is 0 Å². The summed E-state index contributed by atoms with van der Waals surface area (Å²) < 4.78 is 0. The van der Waals surface area contributed by atoms with Gasteiger partial charge in [0, 0.05) is 18.8 Å². The minimum absolute atomic E-state index is 0.144. The second-order valence-electron chi connectivity index (χ2n) is 6.02. The van der Waals surface area contributed by atoms with E-state index in [1.807, 2.05) is 6.92 Å². The first-order valence-corrected chi connectivity index (χ1v) is 8.52. The van der Waals surface area contributed by atoms with Gasteiger partial charge in [0.05, 0.1) is 0 Å². The molecule has 24 heavy (non-hydrogen) atoms. The zero-order valence-electron chi connectivity index (χ0n) is 14.7. The smallest absolute Gasteiger partial charge is 0.270 e. The van der Waals surface area contributed by atoms with E-state index >= 15 is 0 Å². The van der Waals surface area contributed by atoms with Crippen LogP contribution in [0.3, 0.4) is 0 Å². The zero-order valence-corrected chi connectivity index (χ0v) is 14.7. The van der Waals surface area contributed by atoms with Crippen LogP contribution in [0.2, 0.25) is 0 Å². The Bertz CT molecular complexity index is 668. The van der Waals surface area contributed by atoms with Crippen molar-refractivity contribution in [2.75, 3.05) is 11.9 Å². The van der Waals surface area contributed by atoms with Crippen LogP contribution in [-0.4, -0.2) is 22.4 Å². The van der Waals surface area contributed by atoms with Gasteiger partial charge in [0.15, 0.2) is 0 Å². The molecule has 2 N–H and O–H groups in total. The van der Waals surface area contributed by atoms with Crippen molar-refractivity contribution in [2.24, 2.45) is 0 Å². The van der Waals surface area contributed by atoms with E-state index in [1.165, 1.54) is 5.56 Å². The van der Waals surface area contributed by atoms with Crippen molar-refractivity contribution in [3.8, 4) is 0 Å². The van der Waals surface area contributed by atoms with Crippen molar-refractivity contribution in [3.63, 3.8) is 0 Å². The van der Waals surface area contributed by atoms with Crippen LogP contribution in [0.25, 0.3) is 0 Å². The Morgan fingerprint density at radius 1 is 1.08 bits per heavy atom. The Kier molecular flexibility index (Phi) is 6.73. The number of aryl methyl sites for hydroxylation is 2. The highest BCUT2D eigenvalue weighted by atomic mass is 16.1. The van der Waals surface area contributed by atoms with Crippen molar-refractivity contribution < 1.29 is 4.79 Å². The van der Waals surface area contributed by atoms with E-state index < -0.39 is 0 Å². The largest absolute Gasteiger partial charge is 0.351 e. The molecule has 1 amide bonds. The quantitative estimate of drug-likeness (QED) is 0.727. The molecule has 0 aliphatic heterocycles. The average molecular weight is 326 g/mol. The molecule has 0 fully saturated rings. The second kappa shape index (κ2) is 9.01. The molecular weight excluding hydrogens is 300 g/mol. The van der Waals surface area contributed by atoms with E-state index in [-0.39, 0.29) is 5.91 Å². The molecule has 0 saturated heterocycles. The summed E-state index contributed by atoms with van der Waals surface area (Å²) in [6.45, 7) is 7.38. The molecule has 1 heterocycles. The summed E-state index contributed by atoms with van der Waals surface area (Å²) in [6.07, 6.45) is 3.24. The third-order valence-electron chi connectivity index (χ3n) is 3.72. The number of rotatable bonds is 8. The summed E-state index contributed by atoms with van der Waals surface area (Å²) in [5.74, 6) is 0.337. The maximum atomic E-state index is 12.2. The summed E-state index contributed by atoms with van der Waals surface area (Å²) in [5, 5.41) is 6.10. The summed E-state index contributed by atoms with van der Waals surface area (Å²) in [5.41, 5.74) is 3.56. The zero-order chi connectivity index (χ0) is 17.4. The lowest BCUT2D eigenvalue weighted by atomic mass is 10.1. The van der Waals surface area contributed by atoms with Gasteiger partial charge in [-0.1, -0.05) is 49.6 Å². The van der Waals surface area contributed by atoms with Crippen molar-refractivity contribution in [2.45, 2.75) is 46.6 Å². The third-order valence-corrected chi connectivity index (χ3v) is 3.72. The predicted molar refractivity (Wildman–Crippen MR) is 97.1 cm³/mol. The molecule has 0 spiro atoms. The number of amides is 1. The van der Waals surface area contributed by atoms with Gasteiger partial charge in [-0.25, -0.2) is 9.97 Å². The van der Waals surface area contributed by atoms with Crippen LogP contribution < -0.4 is 10.6 Å². The van der Waals surface area contributed by atoms with Gasteiger partial charge in [-0.3, -0.25) is 4.79 Å². The highest BCUT2D eigenvalue weighted by molar-refractivity contribution is 5.92. The third kappa shape index (κ3) is 5.65. The standard InChI is InChI=1S/C19H26N4O/c1-4-5-6-11-20-18(24)17-12-15(3)22-19(23-17)21-13-16-9-7-14(2)8-10-16/h7-10,12H,4-6,11,13H2,1-3H3,(H,20,24)(H,21,22,23). The van der Waals surface area contributed by atoms with Crippen LogP contribution in [-0.2, 0) is 6.54 Å². The first kappa shape index (κ1) is 17.9. The number of hydrogen-bond donors (Lipinski definition) is 2. The molecule has 0 unspecified atom stereocenters. The average Bonchev–Trinajstić information content (AvgIpc) is 2.57. The number of carbonyl (C=O) groups excluding carboxylic acids is 1. The summed E-state index contributed by atoms with van der Waals surface area (Å²) in [6, 6.07) is 10.00. The summed E-state index contributed by atoms with van der Waals surface area (Å²) in [7, 11) is 0. The number of nitrogens with one attached hydrogen (secondary N) is 2. The van der Waals surface area contributed by atoms with Crippen LogP contribution in [0, 0.1) is 13.8 Å². The molecule has 0 aliphatic rings. The van der Waals surface area contributed by atoms with Gasteiger partial charge in [-0.15, -0.1) is 0 Å². The van der Waals surface area contributed by atoms with Crippen molar-refractivity contribution >= 4 is 11.9 Å². The Labute approximate surface area is 143 Å². The summed E-state index contributed by atoms with van der Waals surface area (Å²) in [4.78, 5) is 20.9. The molecule has 2 rings (SSSR count). The number of anilines is 1. The molecule has 2 aromatic rings. The maximum absolute atomic E-state index is 12.2. The number of carbonyl (C=O) groups is 1. The molecule has 0 radical (unpaired) electrons. The molecule has 0 atom stereocenters. The molecule has 0 bridgehead atoms. The van der Waals surface area contributed by atoms with E-state index in [0.29, 0.717) is 24.7 Å². The van der Waals surface area contributed by atoms with Crippen LogP contribution in [0.5, 0.6) is 0 Å². The van der Waals surface area contributed by atoms with Crippen LogP contribution in [0.4, 0.5) is 5.95 Å². The van der Waals surface area contributed by atoms with Gasteiger partial charge in [0.25, 0.3) is 5.91 Å². The Morgan fingerprint density at radius 2 is 1.83 bits per heavy atom. The fourth-order valence-electron chi connectivity index (χ4n) is 2.32. The number of hydrogen-bond acceptors (Lipinski definition) is 4. The molecular formula is C19H26N4O. The van der Waals surface area contributed by atoms with Crippen LogP contribution >= 0.6 is 0 Å². The van der Waals surface area contributed by atoms with E-state index in [1.54, 1.807) is 6.07 Å². The van der Waals surface area contributed by atoms with Gasteiger partial charge in [-0.2, -0.15) is 0 Å². The number of unbranched alkanes of at least 4 members (excludes halogenated alkanes) is 2. The monoisotopic (exact) mass is 326 g/mol. The van der Waals surface area contributed by atoms with Crippen molar-refractivity contribution in [1.82, 2.24) is 15.3 Å². The molecule has 1 aromatic heterocycles. The summed E-state index contributed by atoms with van der Waals surface area (Å²) >= 11 is 0. The lowest BCUT2D eigenvalue weighted by Gasteiger charge is -2.09. The fourth-order valence-corrected chi connectivity index (χ4v) is 2.32. The lowest BCUT2D eigenvalue weighted by Crippen LogP contribution is -2.26. The van der Waals surface area contributed by atoms with Gasteiger partial charge in [-0.05, 0) is 31.9 Å². The Hall–Kier alpha value is -2.43. The minimum atomic E-state index is -0.144. The maximum Gasteiger partial charge on any atom is 0.270 e. The van der Waals surface area contributed by atoms with E-state index in [2.05, 4.69) is 58.7 Å². The number of benzene rings is 1. The lowest BCUT2D eigenvalue weighted by molar-refractivity contribution is 0.0948. The van der Waals surface area contributed by atoms with Crippen molar-refractivity contribution in [3.05, 3.63) is 52.8 Å². The van der Waals surface area contributed by atoms with Gasteiger partial charge < -0.3 is 10.6 Å².